The molecule has 2 aliphatic rings. The summed E-state index contributed by atoms with van der Waals surface area (Å²) in [6.07, 6.45) is 1.23. The number of ether oxygens (including phenoxy) is 2. The smallest absolute Gasteiger partial charge is 0.240 e. The topological polar surface area (TPSA) is 84.9 Å². The molecule has 0 unspecified atom stereocenters. The number of nitrogens with zero attached hydrogens (tertiary/aromatic N) is 1. The molecule has 0 aliphatic carbocycles. The largest absolute Gasteiger partial charge is 0.486 e. The van der Waals surface area contributed by atoms with Crippen LogP contribution in [0.4, 0.5) is 0 Å². The summed E-state index contributed by atoms with van der Waals surface area (Å²) in [4.78, 5) is 13.2. The van der Waals surface area contributed by atoms with Crippen molar-refractivity contribution in [1.29, 1.82) is 0 Å². The van der Waals surface area contributed by atoms with Crippen molar-refractivity contribution < 1.29 is 22.7 Å². The lowest BCUT2D eigenvalue weighted by Gasteiger charge is -2.31. The van der Waals surface area contributed by atoms with Gasteiger partial charge in [0.05, 0.1) is 4.90 Å². The Labute approximate surface area is 135 Å². The number of nitrogens with one attached hydrogen (secondary N) is 1. The van der Waals surface area contributed by atoms with Crippen molar-refractivity contribution in [3.8, 4) is 11.5 Å². The van der Waals surface area contributed by atoms with Gasteiger partial charge in [-0.25, -0.2) is 13.1 Å². The second kappa shape index (κ2) is 6.37. The van der Waals surface area contributed by atoms with E-state index in [-0.39, 0.29) is 16.8 Å². The number of fused-ring (bicyclic) bond motifs is 1. The van der Waals surface area contributed by atoms with Crippen LogP contribution in [0.2, 0.25) is 0 Å². The minimum Gasteiger partial charge on any atom is -0.486 e. The molecule has 23 heavy (non-hydrogen) atoms. The van der Waals surface area contributed by atoms with Crippen molar-refractivity contribution >= 4 is 15.9 Å². The highest BCUT2D eigenvalue weighted by Gasteiger charge is 2.26. The molecule has 2 aliphatic heterocycles. The summed E-state index contributed by atoms with van der Waals surface area (Å²) >= 11 is 0. The summed E-state index contributed by atoms with van der Waals surface area (Å²) in [5.41, 5.74) is 0. The molecular formula is C15H20N2O5S. The van der Waals surface area contributed by atoms with Crippen molar-refractivity contribution in [3.63, 3.8) is 0 Å². The molecule has 2 heterocycles. The van der Waals surface area contributed by atoms with Gasteiger partial charge in [-0.05, 0) is 25.0 Å². The molecule has 1 fully saturated rings. The standard InChI is InChI=1S/C15H20N2O5S/c1-11(18)17-6-4-12(5-7-17)16-23(19,20)13-2-3-14-15(10-13)22-9-8-21-14/h2-3,10,12,16H,4-9H2,1H3. The SMILES string of the molecule is CC(=O)N1CCC(NS(=O)(=O)c2ccc3c(c2)OCCO3)CC1. The van der Waals surface area contributed by atoms with E-state index in [4.69, 9.17) is 9.47 Å². The lowest BCUT2D eigenvalue weighted by atomic mass is 10.1. The second-order valence-corrected chi connectivity index (χ2v) is 7.42. The lowest BCUT2D eigenvalue weighted by Crippen LogP contribution is -2.45. The Kier molecular flexibility index (Phi) is 4.45. The highest BCUT2D eigenvalue weighted by Crippen LogP contribution is 2.32. The summed E-state index contributed by atoms with van der Waals surface area (Å²) in [7, 11) is -3.62. The molecule has 1 amide bonds. The maximum absolute atomic E-state index is 12.5. The molecule has 7 nitrogen and oxygen atoms in total. The molecule has 0 atom stereocenters. The van der Waals surface area contributed by atoms with E-state index in [0.717, 1.165) is 0 Å². The number of carbonyl (C=O) groups is 1. The van der Waals surface area contributed by atoms with Crippen molar-refractivity contribution in [3.05, 3.63) is 18.2 Å². The number of amides is 1. The first-order chi connectivity index (χ1) is 11.0. The van der Waals surface area contributed by atoms with Crippen LogP contribution in [-0.4, -0.2) is 51.6 Å². The molecule has 126 valence electrons. The number of sulfonamides is 1. The number of piperidine rings is 1. The third-order valence-corrected chi connectivity index (χ3v) is 5.60. The van der Waals surface area contributed by atoms with E-state index >= 15 is 0 Å². The van der Waals surface area contributed by atoms with Gasteiger partial charge in [-0.3, -0.25) is 4.79 Å². The lowest BCUT2D eigenvalue weighted by molar-refractivity contribution is -0.129. The molecule has 1 N–H and O–H groups in total. The van der Waals surface area contributed by atoms with Gasteiger partial charge in [0.1, 0.15) is 13.2 Å². The number of likely N-dealkylation sites (tertiary alicyclic amines) is 1. The van der Waals surface area contributed by atoms with Gasteiger partial charge in [0.15, 0.2) is 11.5 Å². The molecule has 1 saturated heterocycles. The number of benzene rings is 1. The molecule has 3 rings (SSSR count). The summed E-state index contributed by atoms with van der Waals surface area (Å²) in [5, 5.41) is 0. The molecule has 0 spiro atoms. The molecule has 0 aromatic heterocycles. The van der Waals surface area contributed by atoms with Gasteiger partial charge in [0.2, 0.25) is 15.9 Å². The first-order valence-corrected chi connectivity index (χ1v) is 9.11. The van der Waals surface area contributed by atoms with Crippen molar-refractivity contribution in [2.75, 3.05) is 26.3 Å². The summed E-state index contributed by atoms with van der Waals surface area (Å²) in [5.74, 6) is 1.04. The zero-order chi connectivity index (χ0) is 16.4. The first kappa shape index (κ1) is 16.1. The quantitative estimate of drug-likeness (QED) is 0.877. The van der Waals surface area contributed by atoms with Crippen LogP contribution in [0, 0.1) is 0 Å². The van der Waals surface area contributed by atoms with Crippen LogP contribution < -0.4 is 14.2 Å². The molecule has 0 bridgehead atoms. The van der Waals surface area contributed by atoms with Crippen LogP contribution in [0.3, 0.4) is 0 Å². The van der Waals surface area contributed by atoms with E-state index in [2.05, 4.69) is 4.72 Å². The second-order valence-electron chi connectivity index (χ2n) is 5.71. The number of rotatable bonds is 3. The van der Waals surface area contributed by atoms with Crippen LogP contribution in [0.5, 0.6) is 11.5 Å². The van der Waals surface area contributed by atoms with Gasteiger partial charge in [-0.1, -0.05) is 0 Å². The van der Waals surface area contributed by atoms with Gasteiger partial charge in [0.25, 0.3) is 0 Å². The van der Waals surface area contributed by atoms with E-state index in [9.17, 15) is 13.2 Å². The number of carbonyl (C=O) groups excluding carboxylic acids is 1. The Morgan fingerprint density at radius 1 is 1.17 bits per heavy atom. The van der Waals surface area contributed by atoms with Crippen molar-refractivity contribution in [1.82, 2.24) is 9.62 Å². The monoisotopic (exact) mass is 340 g/mol. The minimum absolute atomic E-state index is 0.0261. The number of hydrogen-bond acceptors (Lipinski definition) is 5. The zero-order valence-electron chi connectivity index (χ0n) is 12.9. The van der Waals surface area contributed by atoms with E-state index in [1.54, 1.807) is 11.0 Å². The summed E-state index contributed by atoms with van der Waals surface area (Å²) in [6.45, 7) is 3.55. The van der Waals surface area contributed by atoms with Gasteiger partial charge in [0, 0.05) is 32.1 Å². The fourth-order valence-corrected chi connectivity index (χ4v) is 4.11. The summed E-state index contributed by atoms with van der Waals surface area (Å²) < 4.78 is 38.6. The highest BCUT2D eigenvalue weighted by atomic mass is 32.2. The van der Waals surface area contributed by atoms with E-state index < -0.39 is 10.0 Å². The van der Waals surface area contributed by atoms with Crippen molar-refractivity contribution in [2.45, 2.75) is 30.7 Å². The third kappa shape index (κ3) is 3.59. The van der Waals surface area contributed by atoms with Gasteiger partial charge >= 0.3 is 0 Å². The maximum atomic E-state index is 12.5. The molecule has 0 saturated carbocycles. The number of hydrogen-bond donors (Lipinski definition) is 1. The van der Waals surface area contributed by atoms with Gasteiger partial charge < -0.3 is 14.4 Å². The molecule has 8 heteroatoms. The van der Waals surface area contributed by atoms with Crippen LogP contribution >= 0.6 is 0 Å². The van der Waals surface area contributed by atoms with Crippen LogP contribution in [-0.2, 0) is 14.8 Å². The Balaban J connectivity index is 1.69. The highest BCUT2D eigenvalue weighted by molar-refractivity contribution is 7.89. The van der Waals surface area contributed by atoms with E-state index in [0.29, 0.717) is 50.6 Å². The average molecular weight is 340 g/mol. The average Bonchev–Trinajstić information content (AvgIpc) is 2.54. The Bertz CT molecular complexity index is 696. The van der Waals surface area contributed by atoms with Crippen molar-refractivity contribution in [2.24, 2.45) is 0 Å². The van der Waals surface area contributed by atoms with Gasteiger partial charge in [-0.15, -0.1) is 0 Å². The fraction of sp³-hybridized carbons (Fsp3) is 0.533. The molecule has 0 radical (unpaired) electrons. The molecular weight excluding hydrogens is 320 g/mol. The van der Waals surface area contributed by atoms with Crippen LogP contribution in [0.15, 0.2) is 23.1 Å². The first-order valence-electron chi connectivity index (χ1n) is 7.63. The Morgan fingerprint density at radius 2 is 1.83 bits per heavy atom. The maximum Gasteiger partial charge on any atom is 0.240 e. The van der Waals surface area contributed by atoms with E-state index in [1.165, 1.54) is 19.1 Å². The van der Waals surface area contributed by atoms with E-state index in [1.807, 2.05) is 0 Å². The van der Waals surface area contributed by atoms with Gasteiger partial charge in [-0.2, -0.15) is 0 Å². The molecule has 1 aromatic rings. The van der Waals surface area contributed by atoms with Crippen LogP contribution in [0.25, 0.3) is 0 Å². The third-order valence-electron chi connectivity index (χ3n) is 4.09. The fourth-order valence-electron chi connectivity index (χ4n) is 2.79. The predicted octanol–water partition coefficient (Wildman–Crippen LogP) is 0.747. The summed E-state index contributed by atoms with van der Waals surface area (Å²) in [6, 6.07) is 4.45. The zero-order valence-corrected chi connectivity index (χ0v) is 13.8. The predicted molar refractivity (Wildman–Crippen MR) is 83.0 cm³/mol. The Hall–Kier alpha value is -1.80. The minimum atomic E-state index is -3.62. The molecule has 1 aromatic carbocycles. The van der Waals surface area contributed by atoms with Crippen LogP contribution in [0.1, 0.15) is 19.8 Å². The Morgan fingerprint density at radius 3 is 2.48 bits per heavy atom. The normalized spacial score (nSPS) is 18.7.